The predicted molar refractivity (Wildman–Crippen MR) is 64.1 cm³/mol. The van der Waals surface area contributed by atoms with E-state index in [0.29, 0.717) is 6.54 Å². The van der Waals surface area contributed by atoms with E-state index < -0.39 is 0 Å². The molecule has 0 aliphatic carbocycles. The van der Waals surface area contributed by atoms with Gasteiger partial charge in [0.15, 0.2) is 0 Å². The Morgan fingerprint density at radius 3 is 2.60 bits per heavy atom. The number of nitrogens with zero attached hydrogens (tertiary/aromatic N) is 1. The monoisotopic (exact) mass is 224 g/mol. The zero-order valence-electron chi connectivity index (χ0n) is 9.03. The average Bonchev–Trinajstić information content (AvgIpc) is 2.27. The summed E-state index contributed by atoms with van der Waals surface area (Å²) in [4.78, 5) is 15.1. The number of thiol groups is 1. The van der Waals surface area contributed by atoms with E-state index in [1.165, 1.54) is 0 Å². The van der Waals surface area contributed by atoms with E-state index in [1.807, 2.05) is 12.1 Å². The summed E-state index contributed by atoms with van der Waals surface area (Å²) in [5, 5.41) is 2.84. The SMILES string of the molecule is CC(C)(CNC(=O)CS)c1ccncc1. The van der Waals surface area contributed by atoms with Crippen LogP contribution in [0, 0.1) is 0 Å². The Kier molecular flexibility index (Phi) is 4.15. The molecule has 82 valence electrons. The lowest BCUT2D eigenvalue weighted by molar-refractivity contribution is -0.118. The third-order valence-electron chi connectivity index (χ3n) is 2.33. The Bertz CT molecular complexity index is 325. The van der Waals surface area contributed by atoms with Crippen molar-refractivity contribution in [2.75, 3.05) is 12.3 Å². The molecule has 1 aromatic heterocycles. The minimum Gasteiger partial charge on any atom is -0.355 e. The molecule has 0 aliphatic rings. The molecule has 0 unspecified atom stereocenters. The fraction of sp³-hybridized carbons (Fsp3) is 0.455. The van der Waals surface area contributed by atoms with E-state index in [2.05, 4.69) is 36.8 Å². The van der Waals surface area contributed by atoms with E-state index in [0.717, 1.165) is 5.56 Å². The topological polar surface area (TPSA) is 42.0 Å². The van der Waals surface area contributed by atoms with Crippen molar-refractivity contribution in [3.05, 3.63) is 30.1 Å². The molecule has 1 N–H and O–H groups in total. The number of hydrogen-bond acceptors (Lipinski definition) is 3. The van der Waals surface area contributed by atoms with Crippen LogP contribution in [0.15, 0.2) is 24.5 Å². The molecule has 0 aliphatic heterocycles. The van der Waals surface area contributed by atoms with Gasteiger partial charge in [-0.1, -0.05) is 13.8 Å². The lowest BCUT2D eigenvalue weighted by Gasteiger charge is -2.25. The molecule has 15 heavy (non-hydrogen) atoms. The molecular formula is C11H16N2OS. The third-order valence-corrected chi connectivity index (χ3v) is 2.62. The van der Waals surface area contributed by atoms with Crippen molar-refractivity contribution in [2.45, 2.75) is 19.3 Å². The first-order valence-corrected chi connectivity index (χ1v) is 5.47. The molecule has 1 amide bonds. The number of carbonyl (C=O) groups excluding carboxylic acids is 1. The predicted octanol–water partition coefficient (Wildman–Crippen LogP) is 1.41. The number of pyridine rings is 1. The van der Waals surface area contributed by atoms with Crippen molar-refractivity contribution in [1.29, 1.82) is 0 Å². The first-order valence-electron chi connectivity index (χ1n) is 4.84. The first-order chi connectivity index (χ1) is 7.06. The summed E-state index contributed by atoms with van der Waals surface area (Å²) in [7, 11) is 0. The zero-order chi connectivity index (χ0) is 11.3. The summed E-state index contributed by atoms with van der Waals surface area (Å²) < 4.78 is 0. The Morgan fingerprint density at radius 2 is 2.07 bits per heavy atom. The van der Waals surface area contributed by atoms with Crippen LogP contribution in [0.25, 0.3) is 0 Å². The Labute approximate surface area is 95.7 Å². The second kappa shape index (κ2) is 5.16. The molecule has 0 radical (unpaired) electrons. The maximum Gasteiger partial charge on any atom is 0.229 e. The van der Waals surface area contributed by atoms with Gasteiger partial charge in [0.25, 0.3) is 0 Å². The lowest BCUT2D eigenvalue weighted by Crippen LogP contribution is -2.37. The number of nitrogens with one attached hydrogen (secondary N) is 1. The van der Waals surface area contributed by atoms with Crippen LogP contribution in [-0.4, -0.2) is 23.2 Å². The van der Waals surface area contributed by atoms with Crippen LogP contribution < -0.4 is 5.32 Å². The van der Waals surface area contributed by atoms with Crippen LogP contribution in [0.3, 0.4) is 0 Å². The number of hydrogen-bond donors (Lipinski definition) is 2. The minimum absolute atomic E-state index is 0.0412. The van der Waals surface area contributed by atoms with E-state index in [9.17, 15) is 4.79 Å². The summed E-state index contributed by atoms with van der Waals surface area (Å²) in [6.45, 7) is 4.78. The highest BCUT2D eigenvalue weighted by Gasteiger charge is 2.20. The van der Waals surface area contributed by atoms with Gasteiger partial charge in [-0.2, -0.15) is 12.6 Å². The van der Waals surface area contributed by atoms with Gasteiger partial charge in [0.2, 0.25) is 5.91 Å². The van der Waals surface area contributed by atoms with Gasteiger partial charge in [0.1, 0.15) is 0 Å². The fourth-order valence-corrected chi connectivity index (χ4v) is 1.39. The van der Waals surface area contributed by atoms with Gasteiger partial charge < -0.3 is 5.32 Å². The van der Waals surface area contributed by atoms with Crippen molar-refractivity contribution >= 4 is 18.5 Å². The van der Waals surface area contributed by atoms with Gasteiger partial charge in [0, 0.05) is 24.4 Å². The van der Waals surface area contributed by atoms with Gasteiger partial charge in [0.05, 0.1) is 5.75 Å². The maximum atomic E-state index is 11.1. The van der Waals surface area contributed by atoms with E-state index >= 15 is 0 Å². The molecule has 0 atom stereocenters. The molecule has 3 nitrogen and oxygen atoms in total. The standard InChI is InChI=1S/C11H16N2OS/c1-11(2,8-13-10(14)7-15)9-3-5-12-6-4-9/h3-6,15H,7-8H2,1-2H3,(H,13,14). The van der Waals surface area contributed by atoms with E-state index in [4.69, 9.17) is 0 Å². The largest absolute Gasteiger partial charge is 0.355 e. The zero-order valence-corrected chi connectivity index (χ0v) is 9.92. The van der Waals surface area contributed by atoms with Crippen LogP contribution in [0.4, 0.5) is 0 Å². The molecule has 0 saturated heterocycles. The van der Waals surface area contributed by atoms with Gasteiger partial charge in [-0.25, -0.2) is 0 Å². The highest BCUT2D eigenvalue weighted by atomic mass is 32.1. The summed E-state index contributed by atoms with van der Waals surface area (Å²) in [5.41, 5.74) is 1.08. The summed E-state index contributed by atoms with van der Waals surface area (Å²) in [6, 6.07) is 3.93. The van der Waals surface area contributed by atoms with Gasteiger partial charge in [-0.05, 0) is 17.7 Å². The van der Waals surface area contributed by atoms with E-state index in [1.54, 1.807) is 12.4 Å². The van der Waals surface area contributed by atoms with Crippen LogP contribution in [0.1, 0.15) is 19.4 Å². The maximum absolute atomic E-state index is 11.1. The van der Waals surface area contributed by atoms with Crippen molar-refractivity contribution in [2.24, 2.45) is 0 Å². The average molecular weight is 224 g/mol. The van der Waals surface area contributed by atoms with Gasteiger partial charge in [-0.3, -0.25) is 9.78 Å². The van der Waals surface area contributed by atoms with Crippen LogP contribution in [0.2, 0.25) is 0 Å². The van der Waals surface area contributed by atoms with Crippen molar-refractivity contribution in [1.82, 2.24) is 10.3 Å². The molecule has 0 fully saturated rings. The number of rotatable bonds is 4. The van der Waals surface area contributed by atoms with Crippen molar-refractivity contribution in [3.63, 3.8) is 0 Å². The minimum atomic E-state index is -0.0818. The van der Waals surface area contributed by atoms with Crippen molar-refractivity contribution in [3.8, 4) is 0 Å². The van der Waals surface area contributed by atoms with Crippen molar-refractivity contribution < 1.29 is 4.79 Å². The molecule has 1 rings (SSSR count). The molecule has 4 heteroatoms. The van der Waals surface area contributed by atoms with Crippen LogP contribution in [0.5, 0.6) is 0 Å². The highest BCUT2D eigenvalue weighted by Crippen LogP contribution is 2.20. The van der Waals surface area contributed by atoms with E-state index in [-0.39, 0.29) is 17.1 Å². The molecule has 1 heterocycles. The number of carbonyl (C=O) groups is 1. The second-order valence-electron chi connectivity index (χ2n) is 4.05. The third kappa shape index (κ3) is 3.55. The first kappa shape index (κ1) is 12.0. The molecule has 1 aromatic rings. The molecule has 0 bridgehead atoms. The Hall–Kier alpha value is -1.03. The normalized spacial score (nSPS) is 11.1. The van der Waals surface area contributed by atoms with Crippen LogP contribution in [-0.2, 0) is 10.2 Å². The number of amides is 1. The Balaban J connectivity index is 2.63. The fourth-order valence-electron chi connectivity index (χ4n) is 1.28. The summed E-state index contributed by atoms with van der Waals surface area (Å²) >= 11 is 3.91. The number of aromatic nitrogens is 1. The molecule has 0 aromatic carbocycles. The quantitative estimate of drug-likeness (QED) is 0.759. The van der Waals surface area contributed by atoms with Crippen LogP contribution >= 0.6 is 12.6 Å². The van der Waals surface area contributed by atoms with Gasteiger partial charge in [-0.15, -0.1) is 0 Å². The molecular weight excluding hydrogens is 208 g/mol. The smallest absolute Gasteiger partial charge is 0.229 e. The molecule has 0 spiro atoms. The van der Waals surface area contributed by atoms with Gasteiger partial charge >= 0.3 is 0 Å². The highest BCUT2D eigenvalue weighted by molar-refractivity contribution is 7.81. The summed E-state index contributed by atoms with van der Waals surface area (Å²) in [6.07, 6.45) is 3.52. The Morgan fingerprint density at radius 1 is 1.47 bits per heavy atom. The second-order valence-corrected chi connectivity index (χ2v) is 4.37. The molecule has 0 saturated carbocycles. The lowest BCUT2D eigenvalue weighted by atomic mass is 9.85. The summed E-state index contributed by atoms with van der Waals surface area (Å²) in [5.74, 6) is 0.187.